The van der Waals surface area contributed by atoms with Gasteiger partial charge in [-0.1, -0.05) is 30.5 Å². The number of nitrogens with zero attached hydrogens (tertiary/aromatic N) is 1. The number of benzene rings is 1. The summed E-state index contributed by atoms with van der Waals surface area (Å²) in [5, 5.41) is 3.56. The molecule has 1 aliphatic carbocycles. The average Bonchev–Trinajstić information content (AvgIpc) is 2.91. The molecule has 1 aromatic rings. The number of amides is 2. The summed E-state index contributed by atoms with van der Waals surface area (Å²) in [7, 11) is 0. The van der Waals surface area contributed by atoms with Gasteiger partial charge in [0, 0.05) is 23.7 Å². The minimum absolute atomic E-state index is 0.0347. The normalized spacial score (nSPS) is 15.0. The van der Waals surface area contributed by atoms with Gasteiger partial charge in [0.25, 0.3) is 0 Å². The lowest BCUT2D eigenvalue weighted by Crippen LogP contribution is -2.43. The Morgan fingerprint density at radius 3 is 2.62 bits per heavy atom. The van der Waals surface area contributed by atoms with E-state index in [1.807, 2.05) is 13.0 Å². The second-order valence-corrected chi connectivity index (χ2v) is 6.02. The Labute approximate surface area is 130 Å². The molecule has 0 aliphatic heterocycles. The third-order valence-electron chi connectivity index (χ3n) is 3.86. The fourth-order valence-electron chi connectivity index (χ4n) is 2.73. The lowest BCUT2D eigenvalue weighted by molar-refractivity contribution is -0.123. The number of rotatable bonds is 4. The molecule has 0 aromatic heterocycles. The van der Waals surface area contributed by atoms with Gasteiger partial charge in [-0.2, -0.15) is 0 Å². The highest BCUT2D eigenvalue weighted by molar-refractivity contribution is 6.31. The Bertz CT molecular complexity index is 539. The third-order valence-corrected chi connectivity index (χ3v) is 4.10. The van der Waals surface area contributed by atoms with Crippen LogP contribution >= 0.6 is 11.6 Å². The van der Waals surface area contributed by atoms with Crippen LogP contribution in [0, 0.1) is 6.92 Å². The zero-order chi connectivity index (χ0) is 15.4. The van der Waals surface area contributed by atoms with Gasteiger partial charge >= 0.3 is 0 Å². The molecule has 2 rings (SSSR count). The molecule has 4 nitrogen and oxygen atoms in total. The van der Waals surface area contributed by atoms with Gasteiger partial charge in [-0.3, -0.25) is 9.59 Å². The van der Waals surface area contributed by atoms with Gasteiger partial charge in [0.05, 0.1) is 0 Å². The van der Waals surface area contributed by atoms with Crippen molar-refractivity contribution in [2.75, 3.05) is 11.4 Å². The van der Waals surface area contributed by atoms with Gasteiger partial charge in [-0.25, -0.2) is 0 Å². The van der Waals surface area contributed by atoms with Crippen molar-refractivity contribution in [3.8, 4) is 0 Å². The zero-order valence-electron chi connectivity index (χ0n) is 12.5. The average molecular weight is 309 g/mol. The highest BCUT2D eigenvalue weighted by atomic mass is 35.5. The van der Waals surface area contributed by atoms with Crippen molar-refractivity contribution in [2.24, 2.45) is 0 Å². The molecule has 0 heterocycles. The van der Waals surface area contributed by atoms with E-state index in [1.54, 1.807) is 12.1 Å². The maximum absolute atomic E-state index is 12.1. The molecule has 114 valence electrons. The van der Waals surface area contributed by atoms with E-state index < -0.39 is 0 Å². The summed E-state index contributed by atoms with van der Waals surface area (Å²) >= 11 is 6.00. The molecular weight excluding hydrogens is 288 g/mol. The number of nitrogens with one attached hydrogen (secondary N) is 1. The highest BCUT2D eigenvalue weighted by Gasteiger charge is 2.21. The summed E-state index contributed by atoms with van der Waals surface area (Å²) < 4.78 is 0. The van der Waals surface area contributed by atoms with E-state index in [1.165, 1.54) is 11.8 Å². The van der Waals surface area contributed by atoms with Crippen molar-refractivity contribution >= 4 is 29.1 Å². The summed E-state index contributed by atoms with van der Waals surface area (Å²) in [6.07, 6.45) is 4.38. The summed E-state index contributed by atoms with van der Waals surface area (Å²) in [6.45, 7) is 3.40. The first kappa shape index (κ1) is 15.8. The number of aryl methyl sites for hydroxylation is 1. The SMILES string of the molecule is CC(=O)N(CC(=O)NC1CCCC1)c1cc(Cl)ccc1C. The molecule has 1 aromatic carbocycles. The topological polar surface area (TPSA) is 49.4 Å². The summed E-state index contributed by atoms with van der Waals surface area (Å²) in [6, 6.07) is 5.60. The van der Waals surface area contributed by atoms with Crippen LogP contribution in [0.2, 0.25) is 5.02 Å². The Morgan fingerprint density at radius 2 is 2.00 bits per heavy atom. The lowest BCUT2D eigenvalue weighted by Gasteiger charge is -2.23. The largest absolute Gasteiger partial charge is 0.352 e. The number of anilines is 1. The molecule has 0 spiro atoms. The van der Waals surface area contributed by atoms with E-state index >= 15 is 0 Å². The van der Waals surface area contributed by atoms with Crippen LogP contribution in [-0.2, 0) is 9.59 Å². The highest BCUT2D eigenvalue weighted by Crippen LogP contribution is 2.24. The van der Waals surface area contributed by atoms with E-state index in [0.29, 0.717) is 10.7 Å². The maximum atomic E-state index is 12.1. The van der Waals surface area contributed by atoms with Crippen LogP contribution < -0.4 is 10.2 Å². The van der Waals surface area contributed by atoms with Crippen molar-refractivity contribution < 1.29 is 9.59 Å². The van der Waals surface area contributed by atoms with Gasteiger partial charge < -0.3 is 10.2 Å². The van der Waals surface area contributed by atoms with Crippen LogP contribution in [0.1, 0.15) is 38.2 Å². The monoisotopic (exact) mass is 308 g/mol. The van der Waals surface area contributed by atoms with Crippen LogP contribution in [0.25, 0.3) is 0 Å². The summed E-state index contributed by atoms with van der Waals surface area (Å²) in [5.41, 5.74) is 1.61. The van der Waals surface area contributed by atoms with Gasteiger partial charge in [0.2, 0.25) is 11.8 Å². The summed E-state index contributed by atoms with van der Waals surface area (Å²) in [5.74, 6) is -0.279. The first-order chi connectivity index (χ1) is 9.97. The number of carbonyl (C=O) groups is 2. The molecule has 1 N–H and O–H groups in total. The zero-order valence-corrected chi connectivity index (χ0v) is 13.2. The minimum atomic E-state index is -0.165. The number of carbonyl (C=O) groups excluding carboxylic acids is 2. The molecule has 1 fully saturated rings. The molecule has 5 heteroatoms. The molecule has 1 saturated carbocycles. The van der Waals surface area contributed by atoms with E-state index in [4.69, 9.17) is 11.6 Å². The van der Waals surface area contributed by atoms with E-state index in [9.17, 15) is 9.59 Å². The van der Waals surface area contributed by atoms with Gasteiger partial charge in [-0.15, -0.1) is 0 Å². The number of halogens is 1. The van der Waals surface area contributed by atoms with Crippen molar-refractivity contribution in [1.82, 2.24) is 5.32 Å². The summed E-state index contributed by atoms with van der Waals surface area (Å²) in [4.78, 5) is 25.5. The molecule has 1 aliphatic rings. The van der Waals surface area contributed by atoms with Crippen LogP contribution in [0.5, 0.6) is 0 Å². The van der Waals surface area contributed by atoms with E-state index in [0.717, 1.165) is 31.2 Å². The third kappa shape index (κ3) is 4.21. The Morgan fingerprint density at radius 1 is 1.33 bits per heavy atom. The maximum Gasteiger partial charge on any atom is 0.240 e. The predicted octanol–water partition coefficient (Wildman–Crippen LogP) is 3.06. The van der Waals surface area contributed by atoms with Crippen LogP contribution in [0.4, 0.5) is 5.69 Å². The van der Waals surface area contributed by atoms with Gasteiger partial charge in [0.15, 0.2) is 0 Å². The Kier molecular flexibility index (Phi) is 5.23. The fourth-order valence-corrected chi connectivity index (χ4v) is 2.89. The Hall–Kier alpha value is -1.55. The number of hydrogen-bond acceptors (Lipinski definition) is 2. The second kappa shape index (κ2) is 6.94. The smallest absolute Gasteiger partial charge is 0.240 e. The molecule has 2 amide bonds. The van der Waals surface area contributed by atoms with E-state index in [2.05, 4.69) is 5.32 Å². The van der Waals surface area contributed by atoms with Crippen molar-refractivity contribution in [3.63, 3.8) is 0 Å². The Balaban J connectivity index is 2.09. The number of hydrogen-bond donors (Lipinski definition) is 1. The molecule has 0 bridgehead atoms. The van der Waals surface area contributed by atoms with Gasteiger partial charge in [0.1, 0.15) is 6.54 Å². The molecule has 21 heavy (non-hydrogen) atoms. The molecule has 0 unspecified atom stereocenters. The quantitative estimate of drug-likeness (QED) is 0.929. The predicted molar refractivity (Wildman–Crippen MR) is 84.6 cm³/mol. The second-order valence-electron chi connectivity index (χ2n) is 5.58. The van der Waals surface area contributed by atoms with E-state index in [-0.39, 0.29) is 24.4 Å². The molecule has 0 radical (unpaired) electrons. The van der Waals surface area contributed by atoms with Crippen LogP contribution in [0.15, 0.2) is 18.2 Å². The molecule has 0 atom stereocenters. The fraction of sp³-hybridized carbons (Fsp3) is 0.500. The van der Waals surface area contributed by atoms with Crippen molar-refractivity contribution in [2.45, 2.75) is 45.6 Å². The van der Waals surface area contributed by atoms with Crippen LogP contribution in [0.3, 0.4) is 0 Å². The van der Waals surface area contributed by atoms with Crippen molar-refractivity contribution in [3.05, 3.63) is 28.8 Å². The molecular formula is C16H21ClN2O2. The van der Waals surface area contributed by atoms with Crippen LogP contribution in [-0.4, -0.2) is 24.4 Å². The first-order valence-corrected chi connectivity index (χ1v) is 7.69. The first-order valence-electron chi connectivity index (χ1n) is 7.31. The van der Waals surface area contributed by atoms with Crippen molar-refractivity contribution in [1.29, 1.82) is 0 Å². The molecule has 0 saturated heterocycles. The standard InChI is InChI=1S/C16H21ClN2O2/c1-11-7-8-13(17)9-15(11)19(12(2)20)10-16(21)18-14-5-3-4-6-14/h7-9,14H,3-6,10H2,1-2H3,(H,18,21). The van der Waals surface area contributed by atoms with Gasteiger partial charge in [-0.05, 0) is 37.5 Å². The minimum Gasteiger partial charge on any atom is -0.352 e. The lowest BCUT2D eigenvalue weighted by atomic mass is 10.1.